The van der Waals surface area contributed by atoms with E-state index in [-0.39, 0.29) is 0 Å². The Morgan fingerprint density at radius 2 is 2.00 bits per heavy atom. The third kappa shape index (κ3) is 2.23. The summed E-state index contributed by atoms with van der Waals surface area (Å²) in [5.74, 6) is 0. The minimum Gasteiger partial charge on any atom is -0.326 e. The summed E-state index contributed by atoms with van der Waals surface area (Å²) >= 11 is 0. The van der Waals surface area contributed by atoms with Gasteiger partial charge >= 0.3 is 0 Å². The maximum atomic E-state index is 5.67. The van der Waals surface area contributed by atoms with Gasteiger partial charge in [0.05, 0.1) is 12.2 Å². The van der Waals surface area contributed by atoms with Gasteiger partial charge in [-0.25, -0.2) is 0 Å². The second-order valence-electron chi connectivity index (χ2n) is 4.55. The normalized spacial score (nSPS) is 19.1. The largest absolute Gasteiger partial charge is 0.326 e. The summed E-state index contributed by atoms with van der Waals surface area (Å²) in [6, 6.07) is 0.618. The van der Waals surface area contributed by atoms with Crippen LogP contribution in [0.25, 0.3) is 0 Å². The fraction of sp³-hybridized carbons (Fsp3) is 0.750. The van der Waals surface area contributed by atoms with Crippen LogP contribution in [-0.2, 0) is 6.54 Å². The minimum atomic E-state index is 0.610. The summed E-state index contributed by atoms with van der Waals surface area (Å²) < 4.78 is 2.20. The Labute approximate surface area is 91.7 Å². The number of nitrogens with two attached hydrogens (primary N) is 1. The van der Waals surface area contributed by atoms with Gasteiger partial charge in [0.25, 0.3) is 0 Å². The second kappa shape index (κ2) is 4.79. The molecular formula is C12H21N3. The number of rotatable bonds is 2. The van der Waals surface area contributed by atoms with E-state index in [1.165, 1.54) is 49.8 Å². The summed E-state index contributed by atoms with van der Waals surface area (Å²) in [5, 5.41) is 4.49. The third-order valence-corrected chi connectivity index (χ3v) is 3.54. The molecule has 1 aromatic rings. The van der Waals surface area contributed by atoms with Gasteiger partial charge in [-0.1, -0.05) is 25.7 Å². The summed E-state index contributed by atoms with van der Waals surface area (Å²) in [7, 11) is 0. The summed E-state index contributed by atoms with van der Waals surface area (Å²) in [4.78, 5) is 0. The lowest BCUT2D eigenvalue weighted by atomic mass is 10.1. The molecule has 0 saturated heterocycles. The van der Waals surface area contributed by atoms with Gasteiger partial charge in [-0.2, -0.15) is 5.10 Å². The number of hydrogen-bond acceptors (Lipinski definition) is 2. The minimum absolute atomic E-state index is 0.610. The highest BCUT2D eigenvalue weighted by atomic mass is 15.3. The van der Waals surface area contributed by atoms with Crippen LogP contribution in [0.15, 0.2) is 6.20 Å². The topological polar surface area (TPSA) is 43.8 Å². The van der Waals surface area contributed by atoms with E-state index in [4.69, 9.17) is 5.73 Å². The first-order chi connectivity index (χ1) is 7.33. The molecule has 3 nitrogen and oxygen atoms in total. The number of nitrogens with zero attached hydrogens (tertiary/aromatic N) is 2. The molecule has 1 fully saturated rings. The van der Waals surface area contributed by atoms with Crippen molar-refractivity contribution in [1.29, 1.82) is 0 Å². The van der Waals surface area contributed by atoms with Crippen molar-refractivity contribution < 1.29 is 0 Å². The van der Waals surface area contributed by atoms with Gasteiger partial charge in [-0.3, -0.25) is 4.68 Å². The molecule has 0 atom stereocenters. The SMILES string of the molecule is Cc1c(CN)cnn1C1CCCCCC1. The predicted molar refractivity (Wildman–Crippen MR) is 61.6 cm³/mol. The van der Waals surface area contributed by atoms with Gasteiger partial charge < -0.3 is 5.73 Å². The summed E-state index contributed by atoms with van der Waals surface area (Å²) in [5.41, 5.74) is 8.13. The van der Waals surface area contributed by atoms with Crippen LogP contribution in [0, 0.1) is 6.92 Å². The van der Waals surface area contributed by atoms with Crippen LogP contribution in [0.3, 0.4) is 0 Å². The zero-order valence-electron chi connectivity index (χ0n) is 9.58. The Balaban J connectivity index is 2.16. The lowest BCUT2D eigenvalue weighted by molar-refractivity contribution is 0.397. The van der Waals surface area contributed by atoms with Crippen molar-refractivity contribution in [2.75, 3.05) is 0 Å². The molecule has 0 amide bonds. The average molecular weight is 207 g/mol. The van der Waals surface area contributed by atoms with E-state index in [1.807, 2.05) is 6.20 Å². The number of hydrogen-bond donors (Lipinski definition) is 1. The molecule has 2 N–H and O–H groups in total. The molecule has 1 aliphatic carbocycles. The van der Waals surface area contributed by atoms with Crippen molar-refractivity contribution in [2.24, 2.45) is 5.73 Å². The Morgan fingerprint density at radius 3 is 2.53 bits per heavy atom. The van der Waals surface area contributed by atoms with E-state index in [9.17, 15) is 0 Å². The first kappa shape index (κ1) is 10.7. The van der Waals surface area contributed by atoms with E-state index in [0.717, 1.165) is 0 Å². The van der Waals surface area contributed by atoms with Crippen LogP contribution >= 0.6 is 0 Å². The van der Waals surface area contributed by atoms with Crippen molar-refractivity contribution in [3.05, 3.63) is 17.5 Å². The molecule has 0 radical (unpaired) electrons. The third-order valence-electron chi connectivity index (χ3n) is 3.54. The maximum Gasteiger partial charge on any atom is 0.0537 e. The monoisotopic (exact) mass is 207 g/mol. The molecular weight excluding hydrogens is 186 g/mol. The first-order valence-corrected chi connectivity index (χ1v) is 6.06. The lowest BCUT2D eigenvalue weighted by Crippen LogP contribution is -2.12. The van der Waals surface area contributed by atoms with Crippen molar-refractivity contribution in [2.45, 2.75) is 58.0 Å². The van der Waals surface area contributed by atoms with Crippen LogP contribution in [-0.4, -0.2) is 9.78 Å². The molecule has 1 aromatic heterocycles. The highest BCUT2D eigenvalue weighted by molar-refractivity contribution is 5.16. The van der Waals surface area contributed by atoms with Gasteiger partial charge in [-0.15, -0.1) is 0 Å². The van der Waals surface area contributed by atoms with Gasteiger partial charge in [0.1, 0.15) is 0 Å². The van der Waals surface area contributed by atoms with Gasteiger partial charge in [0.15, 0.2) is 0 Å². The van der Waals surface area contributed by atoms with E-state index < -0.39 is 0 Å². The molecule has 1 saturated carbocycles. The van der Waals surface area contributed by atoms with Crippen molar-refractivity contribution >= 4 is 0 Å². The second-order valence-corrected chi connectivity index (χ2v) is 4.55. The summed E-state index contributed by atoms with van der Waals surface area (Å²) in [6.45, 7) is 2.75. The molecule has 3 heteroatoms. The molecule has 84 valence electrons. The zero-order chi connectivity index (χ0) is 10.7. The van der Waals surface area contributed by atoms with Gasteiger partial charge in [0, 0.05) is 17.8 Å². The molecule has 1 heterocycles. The molecule has 0 bridgehead atoms. The molecule has 0 aromatic carbocycles. The van der Waals surface area contributed by atoms with E-state index in [1.54, 1.807) is 0 Å². The van der Waals surface area contributed by atoms with Crippen LogP contribution in [0.4, 0.5) is 0 Å². The zero-order valence-corrected chi connectivity index (χ0v) is 9.58. The fourth-order valence-corrected chi connectivity index (χ4v) is 2.53. The Hall–Kier alpha value is -0.830. The molecule has 0 unspecified atom stereocenters. The Kier molecular flexibility index (Phi) is 3.41. The van der Waals surface area contributed by atoms with Gasteiger partial charge in [0.2, 0.25) is 0 Å². The molecule has 1 aliphatic rings. The maximum absolute atomic E-state index is 5.67. The van der Waals surface area contributed by atoms with Crippen LogP contribution < -0.4 is 5.73 Å². The molecule has 0 aliphatic heterocycles. The fourth-order valence-electron chi connectivity index (χ4n) is 2.53. The lowest BCUT2D eigenvalue weighted by Gasteiger charge is -2.16. The average Bonchev–Trinajstić information content (AvgIpc) is 2.49. The van der Waals surface area contributed by atoms with Crippen LogP contribution in [0.5, 0.6) is 0 Å². The highest BCUT2D eigenvalue weighted by Gasteiger charge is 2.17. The quantitative estimate of drug-likeness (QED) is 0.757. The predicted octanol–water partition coefficient (Wildman–Crippen LogP) is 2.55. The Bertz CT molecular complexity index is 309. The van der Waals surface area contributed by atoms with Crippen LogP contribution in [0.2, 0.25) is 0 Å². The van der Waals surface area contributed by atoms with Crippen LogP contribution in [0.1, 0.15) is 55.8 Å². The van der Waals surface area contributed by atoms with Gasteiger partial charge in [-0.05, 0) is 19.8 Å². The number of aromatic nitrogens is 2. The molecule has 15 heavy (non-hydrogen) atoms. The smallest absolute Gasteiger partial charge is 0.0537 e. The highest BCUT2D eigenvalue weighted by Crippen LogP contribution is 2.28. The molecule has 0 spiro atoms. The standard InChI is InChI=1S/C12H21N3/c1-10-11(8-13)9-14-15(10)12-6-4-2-3-5-7-12/h9,12H,2-8,13H2,1H3. The van der Waals surface area contributed by atoms with E-state index in [2.05, 4.69) is 16.7 Å². The Morgan fingerprint density at radius 1 is 1.33 bits per heavy atom. The van der Waals surface area contributed by atoms with Crippen molar-refractivity contribution in [3.8, 4) is 0 Å². The summed E-state index contributed by atoms with van der Waals surface area (Å²) in [6.07, 6.45) is 9.98. The van der Waals surface area contributed by atoms with E-state index >= 15 is 0 Å². The van der Waals surface area contributed by atoms with Crippen molar-refractivity contribution in [1.82, 2.24) is 9.78 Å². The van der Waals surface area contributed by atoms with Crippen molar-refractivity contribution in [3.63, 3.8) is 0 Å². The van der Waals surface area contributed by atoms with E-state index in [0.29, 0.717) is 12.6 Å². The molecule has 2 rings (SSSR count). The first-order valence-electron chi connectivity index (χ1n) is 6.06.